The summed E-state index contributed by atoms with van der Waals surface area (Å²) in [5, 5.41) is 2.83. The molecule has 29 heavy (non-hydrogen) atoms. The fraction of sp³-hybridized carbons (Fsp3) is 0.381. The monoisotopic (exact) mass is 475 g/mol. The Balaban J connectivity index is 1.63. The van der Waals surface area contributed by atoms with Crippen LogP contribution in [0.2, 0.25) is 0 Å². The molecule has 2 heterocycles. The lowest BCUT2D eigenvalue weighted by Gasteiger charge is -2.11. The Labute approximate surface area is 181 Å². The highest BCUT2D eigenvalue weighted by atomic mass is 79.9. The first kappa shape index (κ1) is 20.1. The third-order valence-electron chi connectivity index (χ3n) is 5.23. The van der Waals surface area contributed by atoms with Crippen LogP contribution in [0.4, 0.5) is 0 Å². The molecule has 0 saturated heterocycles. The molecular formula is C21H22BrN3O3S. The van der Waals surface area contributed by atoms with Gasteiger partial charge in [-0.15, -0.1) is 11.3 Å². The van der Waals surface area contributed by atoms with Crippen molar-refractivity contribution in [3.05, 3.63) is 60.9 Å². The van der Waals surface area contributed by atoms with Gasteiger partial charge < -0.3 is 10.1 Å². The van der Waals surface area contributed by atoms with Gasteiger partial charge in [-0.3, -0.25) is 14.0 Å². The second-order valence-electron chi connectivity index (χ2n) is 7.12. The van der Waals surface area contributed by atoms with Crippen LogP contribution >= 0.6 is 27.3 Å². The molecule has 1 N–H and O–H groups in total. The Morgan fingerprint density at radius 1 is 1.28 bits per heavy atom. The quantitative estimate of drug-likeness (QED) is 0.615. The number of hydrogen-bond acceptors (Lipinski definition) is 5. The summed E-state index contributed by atoms with van der Waals surface area (Å²) in [4.78, 5) is 32.2. The number of ether oxygens (including phenoxy) is 1. The second kappa shape index (κ2) is 8.67. The first-order chi connectivity index (χ1) is 14.1. The van der Waals surface area contributed by atoms with E-state index >= 15 is 0 Å². The van der Waals surface area contributed by atoms with Gasteiger partial charge in [0.1, 0.15) is 11.3 Å². The fourth-order valence-electron chi connectivity index (χ4n) is 3.73. The maximum absolute atomic E-state index is 13.1. The number of nitrogens with zero attached hydrogens (tertiary/aromatic N) is 2. The van der Waals surface area contributed by atoms with Crippen LogP contribution in [0.15, 0.2) is 33.7 Å². The number of amides is 1. The van der Waals surface area contributed by atoms with E-state index in [0.717, 1.165) is 41.4 Å². The highest BCUT2D eigenvalue weighted by molar-refractivity contribution is 9.10. The lowest BCUT2D eigenvalue weighted by molar-refractivity contribution is 0.0948. The van der Waals surface area contributed by atoms with Crippen LogP contribution in [-0.4, -0.2) is 22.4 Å². The topological polar surface area (TPSA) is 72.7 Å². The van der Waals surface area contributed by atoms with Crippen LogP contribution < -0.4 is 15.6 Å². The maximum Gasteiger partial charge on any atom is 0.271 e. The minimum Gasteiger partial charge on any atom is -0.496 e. The summed E-state index contributed by atoms with van der Waals surface area (Å²) in [5.41, 5.74) is 1.64. The number of aromatic nitrogens is 2. The first-order valence-corrected chi connectivity index (χ1v) is 11.3. The van der Waals surface area contributed by atoms with Crippen LogP contribution in [0.5, 0.6) is 5.75 Å². The SMILES string of the molecule is COc1ccc(Br)cc1CNC(=O)c1cnc2sc3c(n2c1=O)CCCCCC3. The van der Waals surface area contributed by atoms with Crippen molar-refractivity contribution >= 4 is 38.1 Å². The van der Waals surface area contributed by atoms with E-state index in [1.54, 1.807) is 22.8 Å². The molecule has 8 heteroatoms. The second-order valence-corrected chi connectivity index (χ2v) is 9.10. The van der Waals surface area contributed by atoms with Gasteiger partial charge in [-0.05, 0) is 43.9 Å². The van der Waals surface area contributed by atoms with Gasteiger partial charge in [0.15, 0.2) is 4.96 Å². The van der Waals surface area contributed by atoms with E-state index in [0.29, 0.717) is 10.7 Å². The number of fused-ring (bicyclic) bond motifs is 3. The van der Waals surface area contributed by atoms with E-state index in [2.05, 4.69) is 26.2 Å². The molecule has 6 nitrogen and oxygen atoms in total. The fourth-order valence-corrected chi connectivity index (χ4v) is 5.31. The molecule has 0 fully saturated rings. The van der Waals surface area contributed by atoms with Gasteiger partial charge in [-0.1, -0.05) is 28.8 Å². The van der Waals surface area contributed by atoms with Crippen LogP contribution in [-0.2, 0) is 19.4 Å². The lowest BCUT2D eigenvalue weighted by atomic mass is 10.0. The summed E-state index contributed by atoms with van der Waals surface area (Å²) in [6.45, 7) is 0.255. The molecule has 0 saturated carbocycles. The molecule has 0 spiro atoms. The van der Waals surface area contributed by atoms with Gasteiger partial charge in [0.25, 0.3) is 11.5 Å². The van der Waals surface area contributed by atoms with Crippen molar-refractivity contribution in [1.29, 1.82) is 0 Å². The minimum atomic E-state index is -0.426. The zero-order valence-corrected chi connectivity index (χ0v) is 18.6. The van der Waals surface area contributed by atoms with Crippen molar-refractivity contribution in [3.63, 3.8) is 0 Å². The molecule has 2 aromatic heterocycles. The number of aryl methyl sites for hydroxylation is 2. The van der Waals surface area contributed by atoms with Crippen LogP contribution in [0.1, 0.15) is 52.2 Å². The average molecular weight is 476 g/mol. The predicted octanol–water partition coefficient (Wildman–Crippen LogP) is 4.12. The van der Waals surface area contributed by atoms with E-state index in [1.165, 1.54) is 23.9 Å². The summed E-state index contributed by atoms with van der Waals surface area (Å²) in [6.07, 6.45) is 7.83. The summed E-state index contributed by atoms with van der Waals surface area (Å²) in [6, 6.07) is 5.59. The van der Waals surface area contributed by atoms with Crippen molar-refractivity contribution in [2.75, 3.05) is 7.11 Å². The molecule has 1 aromatic carbocycles. The standard InChI is InChI=1S/C21H22BrN3O3S/c1-28-17-9-8-14(22)10-13(17)11-23-19(26)15-12-24-21-25(20(15)27)16-6-4-2-3-5-7-18(16)29-21/h8-10,12H,2-7,11H2,1H3,(H,23,26). The van der Waals surface area contributed by atoms with Crippen molar-refractivity contribution < 1.29 is 9.53 Å². The molecule has 1 amide bonds. The number of nitrogens with one attached hydrogen (secondary N) is 1. The van der Waals surface area contributed by atoms with E-state index < -0.39 is 5.91 Å². The van der Waals surface area contributed by atoms with Crippen molar-refractivity contribution in [2.24, 2.45) is 0 Å². The van der Waals surface area contributed by atoms with Crippen molar-refractivity contribution in [1.82, 2.24) is 14.7 Å². The Hall–Kier alpha value is -2.19. The zero-order chi connectivity index (χ0) is 20.4. The van der Waals surface area contributed by atoms with Gasteiger partial charge in [0.2, 0.25) is 0 Å². The van der Waals surface area contributed by atoms with Gasteiger partial charge in [0, 0.05) is 33.3 Å². The van der Waals surface area contributed by atoms with Gasteiger partial charge in [-0.2, -0.15) is 0 Å². The molecule has 0 radical (unpaired) electrons. The summed E-state index contributed by atoms with van der Waals surface area (Å²) in [5.74, 6) is 0.253. The first-order valence-electron chi connectivity index (χ1n) is 9.71. The number of carbonyl (C=O) groups is 1. The largest absolute Gasteiger partial charge is 0.496 e. The van der Waals surface area contributed by atoms with E-state index in [1.807, 2.05) is 18.2 Å². The molecular weight excluding hydrogens is 454 g/mol. The number of carbonyl (C=O) groups excluding carboxylic acids is 1. The van der Waals surface area contributed by atoms with E-state index in [9.17, 15) is 9.59 Å². The number of halogens is 1. The molecule has 1 aliphatic rings. The number of methoxy groups -OCH3 is 1. The Morgan fingerprint density at radius 2 is 2.07 bits per heavy atom. The number of benzene rings is 1. The minimum absolute atomic E-state index is 0.0686. The average Bonchev–Trinajstić information content (AvgIpc) is 3.04. The third-order valence-corrected chi connectivity index (χ3v) is 6.88. The molecule has 0 aliphatic heterocycles. The van der Waals surface area contributed by atoms with Crippen LogP contribution in [0.25, 0.3) is 4.96 Å². The predicted molar refractivity (Wildman–Crippen MR) is 117 cm³/mol. The van der Waals surface area contributed by atoms with Gasteiger partial charge in [-0.25, -0.2) is 4.98 Å². The lowest BCUT2D eigenvalue weighted by Crippen LogP contribution is -2.31. The van der Waals surface area contributed by atoms with E-state index in [-0.39, 0.29) is 17.7 Å². The molecule has 0 atom stereocenters. The molecule has 3 aromatic rings. The normalized spacial score (nSPS) is 14.1. The van der Waals surface area contributed by atoms with Crippen LogP contribution in [0, 0.1) is 0 Å². The molecule has 0 unspecified atom stereocenters. The highest BCUT2D eigenvalue weighted by Crippen LogP contribution is 2.27. The van der Waals surface area contributed by atoms with Gasteiger partial charge in [0.05, 0.1) is 7.11 Å². The van der Waals surface area contributed by atoms with Crippen molar-refractivity contribution in [2.45, 2.75) is 45.1 Å². The van der Waals surface area contributed by atoms with Crippen molar-refractivity contribution in [3.8, 4) is 5.75 Å². The summed E-state index contributed by atoms with van der Waals surface area (Å²) in [7, 11) is 1.59. The third kappa shape index (κ3) is 4.09. The molecule has 152 valence electrons. The van der Waals surface area contributed by atoms with Crippen LogP contribution in [0.3, 0.4) is 0 Å². The van der Waals surface area contributed by atoms with E-state index in [4.69, 9.17) is 4.74 Å². The molecule has 0 bridgehead atoms. The Kier molecular flexibility index (Phi) is 6.01. The number of rotatable bonds is 4. The molecule has 1 aliphatic carbocycles. The molecule has 4 rings (SSSR count). The number of thiazole rings is 1. The summed E-state index contributed by atoms with van der Waals surface area (Å²) < 4.78 is 7.89. The Bertz CT molecular complexity index is 1120. The summed E-state index contributed by atoms with van der Waals surface area (Å²) >= 11 is 5.00. The Morgan fingerprint density at radius 3 is 2.86 bits per heavy atom. The number of hydrogen-bond donors (Lipinski definition) is 1. The highest BCUT2D eigenvalue weighted by Gasteiger charge is 2.20. The maximum atomic E-state index is 13.1. The zero-order valence-electron chi connectivity index (χ0n) is 16.2. The smallest absolute Gasteiger partial charge is 0.271 e. The van der Waals surface area contributed by atoms with Gasteiger partial charge >= 0.3 is 0 Å².